The van der Waals surface area contributed by atoms with Crippen LogP contribution in [0.1, 0.15) is 20.8 Å². The van der Waals surface area contributed by atoms with Crippen molar-refractivity contribution in [2.45, 2.75) is 26.8 Å². The molecule has 0 unspecified atom stereocenters. The van der Waals surface area contributed by atoms with E-state index in [0.717, 1.165) is 0 Å². The van der Waals surface area contributed by atoms with Gasteiger partial charge in [0.25, 0.3) is 0 Å². The maximum atomic E-state index is 4.95. The lowest BCUT2D eigenvalue weighted by atomic mass is 10.4. The smallest absolute Gasteiger partial charge is 0.167 e. The van der Waals surface area contributed by atoms with Crippen LogP contribution >= 0.6 is 12.2 Å². The highest BCUT2D eigenvalue weighted by Gasteiger charge is 1.94. The summed E-state index contributed by atoms with van der Waals surface area (Å²) >= 11 is 4.95. The van der Waals surface area contributed by atoms with Crippen LogP contribution in [-0.2, 0) is 0 Å². The van der Waals surface area contributed by atoms with E-state index in [1.54, 1.807) is 6.92 Å². The van der Waals surface area contributed by atoms with Crippen LogP contribution in [0, 0.1) is 11.8 Å². The molecule has 62 valence electrons. The Bertz CT molecular complexity index is 176. The minimum absolute atomic E-state index is 0.379. The topological polar surface area (TPSA) is 24.1 Å². The zero-order chi connectivity index (χ0) is 8.69. The van der Waals surface area contributed by atoms with E-state index in [2.05, 4.69) is 22.5 Å². The Labute approximate surface area is 73.8 Å². The van der Waals surface area contributed by atoms with Gasteiger partial charge in [0, 0.05) is 6.04 Å². The minimum Gasteiger partial charge on any atom is -0.361 e. The van der Waals surface area contributed by atoms with Gasteiger partial charge >= 0.3 is 0 Å². The van der Waals surface area contributed by atoms with Gasteiger partial charge in [0.05, 0.1) is 6.54 Å². The minimum atomic E-state index is 0.379. The molecule has 0 heterocycles. The van der Waals surface area contributed by atoms with Crippen LogP contribution in [0.25, 0.3) is 0 Å². The fourth-order valence-corrected chi connectivity index (χ4v) is 0.834. The number of hydrogen-bond donors (Lipinski definition) is 2. The molecule has 0 spiro atoms. The van der Waals surface area contributed by atoms with E-state index in [4.69, 9.17) is 12.2 Å². The second-order valence-electron chi connectivity index (χ2n) is 2.41. The molecule has 0 radical (unpaired) electrons. The predicted octanol–water partition coefficient (Wildman–Crippen LogP) is 0.882. The van der Waals surface area contributed by atoms with Gasteiger partial charge in [-0.25, -0.2) is 0 Å². The molecule has 0 aromatic carbocycles. The van der Waals surface area contributed by atoms with Gasteiger partial charge in [0.1, 0.15) is 0 Å². The summed E-state index contributed by atoms with van der Waals surface area (Å²) in [6.07, 6.45) is 0. The van der Waals surface area contributed by atoms with Crippen molar-refractivity contribution in [3.63, 3.8) is 0 Å². The summed E-state index contributed by atoms with van der Waals surface area (Å²) in [4.78, 5) is 0. The van der Waals surface area contributed by atoms with E-state index in [1.807, 2.05) is 13.8 Å². The van der Waals surface area contributed by atoms with E-state index < -0.39 is 0 Å². The van der Waals surface area contributed by atoms with Crippen molar-refractivity contribution in [1.82, 2.24) is 10.6 Å². The van der Waals surface area contributed by atoms with Gasteiger partial charge < -0.3 is 10.6 Å². The Hall–Kier alpha value is -0.750. The molecular weight excluding hydrogens is 156 g/mol. The van der Waals surface area contributed by atoms with E-state index in [-0.39, 0.29) is 0 Å². The summed E-state index contributed by atoms with van der Waals surface area (Å²) in [6, 6.07) is 0.379. The first-order valence-corrected chi connectivity index (χ1v) is 4.01. The van der Waals surface area contributed by atoms with Gasteiger partial charge in [-0.15, -0.1) is 5.92 Å². The predicted molar refractivity (Wildman–Crippen MR) is 52.3 cm³/mol. The summed E-state index contributed by atoms with van der Waals surface area (Å²) < 4.78 is 0. The molecule has 2 nitrogen and oxygen atoms in total. The zero-order valence-electron chi connectivity index (χ0n) is 7.19. The lowest BCUT2D eigenvalue weighted by Gasteiger charge is -2.10. The van der Waals surface area contributed by atoms with E-state index in [9.17, 15) is 0 Å². The highest BCUT2D eigenvalue weighted by Crippen LogP contribution is 1.75. The van der Waals surface area contributed by atoms with Gasteiger partial charge in [-0.2, -0.15) is 0 Å². The lowest BCUT2D eigenvalue weighted by Crippen LogP contribution is -2.39. The molecule has 11 heavy (non-hydrogen) atoms. The third-order valence-electron chi connectivity index (χ3n) is 0.934. The summed E-state index contributed by atoms with van der Waals surface area (Å²) in [5.41, 5.74) is 0. The first-order valence-electron chi connectivity index (χ1n) is 3.60. The van der Waals surface area contributed by atoms with Gasteiger partial charge in [0.15, 0.2) is 5.11 Å². The van der Waals surface area contributed by atoms with Crippen LogP contribution in [0.2, 0.25) is 0 Å². The molecule has 0 saturated carbocycles. The van der Waals surface area contributed by atoms with Gasteiger partial charge in [0.2, 0.25) is 0 Å². The van der Waals surface area contributed by atoms with Gasteiger partial charge in [-0.3, -0.25) is 0 Å². The second-order valence-corrected chi connectivity index (χ2v) is 2.82. The molecule has 0 aromatic rings. The maximum absolute atomic E-state index is 4.95. The van der Waals surface area contributed by atoms with Crippen LogP contribution in [0.4, 0.5) is 0 Å². The van der Waals surface area contributed by atoms with Crippen molar-refractivity contribution in [2.75, 3.05) is 6.54 Å². The van der Waals surface area contributed by atoms with Crippen LogP contribution < -0.4 is 10.6 Å². The Balaban J connectivity index is 3.43. The fraction of sp³-hybridized carbons (Fsp3) is 0.625. The molecular formula is C8H14N2S. The molecule has 2 N–H and O–H groups in total. The third-order valence-corrected chi connectivity index (χ3v) is 1.20. The largest absolute Gasteiger partial charge is 0.361 e. The van der Waals surface area contributed by atoms with Crippen molar-refractivity contribution < 1.29 is 0 Å². The molecule has 0 aliphatic carbocycles. The van der Waals surface area contributed by atoms with E-state index in [0.29, 0.717) is 17.7 Å². The van der Waals surface area contributed by atoms with Crippen molar-refractivity contribution in [2.24, 2.45) is 0 Å². The molecule has 0 amide bonds. The van der Waals surface area contributed by atoms with Crippen molar-refractivity contribution >= 4 is 17.3 Å². The van der Waals surface area contributed by atoms with Gasteiger partial charge in [-0.05, 0) is 33.0 Å². The number of hydrogen-bond acceptors (Lipinski definition) is 1. The van der Waals surface area contributed by atoms with Crippen molar-refractivity contribution in [3.05, 3.63) is 0 Å². The Morgan fingerprint density at radius 1 is 1.55 bits per heavy atom. The molecule has 0 saturated heterocycles. The van der Waals surface area contributed by atoms with Crippen molar-refractivity contribution in [3.8, 4) is 11.8 Å². The molecule has 0 aliphatic heterocycles. The quantitative estimate of drug-likeness (QED) is 0.475. The molecule has 3 heteroatoms. The molecule has 0 aliphatic rings. The van der Waals surface area contributed by atoms with Crippen LogP contribution in [0.15, 0.2) is 0 Å². The van der Waals surface area contributed by atoms with E-state index >= 15 is 0 Å². The van der Waals surface area contributed by atoms with Gasteiger partial charge in [-0.1, -0.05) is 5.92 Å². The Kier molecular flexibility index (Phi) is 5.58. The third kappa shape index (κ3) is 7.14. The molecule has 0 fully saturated rings. The second kappa shape index (κ2) is 5.99. The molecule has 0 atom stereocenters. The molecule has 0 aromatic heterocycles. The highest BCUT2D eigenvalue weighted by atomic mass is 32.1. The summed E-state index contributed by atoms with van der Waals surface area (Å²) in [5.74, 6) is 5.64. The summed E-state index contributed by atoms with van der Waals surface area (Å²) in [6.45, 7) is 6.51. The zero-order valence-corrected chi connectivity index (χ0v) is 8.01. The molecule has 0 rings (SSSR count). The number of nitrogens with one attached hydrogen (secondary N) is 2. The Morgan fingerprint density at radius 2 is 2.18 bits per heavy atom. The van der Waals surface area contributed by atoms with Crippen LogP contribution in [-0.4, -0.2) is 17.7 Å². The highest BCUT2D eigenvalue weighted by molar-refractivity contribution is 7.80. The summed E-state index contributed by atoms with van der Waals surface area (Å²) in [5, 5.41) is 6.69. The SMILES string of the molecule is CC#CCNC(=S)NC(C)C. The van der Waals surface area contributed by atoms with E-state index in [1.165, 1.54) is 0 Å². The average molecular weight is 170 g/mol. The Morgan fingerprint density at radius 3 is 2.64 bits per heavy atom. The van der Waals surface area contributed by atoms with Crippen LogP contribution in [0.5, 0.6) is 0 Å². The summed E-state index contributed by atoms with van der Waals surface area (Å²) in [7, 11) is 0. The fourth-order valence-electron chi connectivity index (χ4n) is 0.526. The maximum Gasteiger partial charge on any atom is 0.167 e. The first-order chi connectivity index (χ1) is 5.16. The number of rotatable bonds is 2. The normalized spacial score (nSPS) is 8.36. The monoisotopic (exact) mass is 170 g/mol. The van der Waals surface area contributed by atoms with Crippen molar-refractivity contribution in [1.29, 1.82) is 0 Å². The molecule has 0 bridgehead atoms. The first kappa shape index (κ1) is 10.2. The lowest BCUT2D eigenvalue weighted by molar-refractivity contribution is 0.722. The average Bonchev–Trinajstić information content (AvgIpc) is 1.86. The van der Waals surface area contributed by atoms with Crippen LogP contribution in [0.3, 0.4) is 0 Å². The standard InChI is InChI=1S/C8H14N2S/c1-4-5-6-9-8(11)10-7(2)3/h7H,6H2,1-3H3,(H2,9,10,11). The number of thiocarbonyl (C=S) groups is 1.